The first-order valence-corrected chi connectivity index (χ1v) is 7.69. The Balaban J connectivity index is 2.31. The van der Waals surface area contributed by atoms with Crippen LogP contribution < -0.4 is 0 Å². The summed E-state index contributed by atoms with van der Waals surface area (Å²) in [6, 6.07) is 4.84. The largest absolute Gasteiger partial charge is 0.356 e. The van der Waals surface area contributed by atoms with Crippen molar-refractivity contribution in [3.8, 4) is 0 Å². The van der Waals surface area contributed by atoms with Gasteiger partial charge in [0.15, 0.2) is 0 Å². The predicted molar refractivity (Wildman–Crippen MR) is 89.8 cm³/mol. The van der Waals surface area contributed by atoms with E-state index in [-0.39, 0.29) is 10.6 Å². The van der Waals surface area contributed by atoms with Gasteiger partial charge in [-0.2, -0.15) is 0 Å². The SMILES string of the molecule is C=C(C)CN1CCCCC/C1=N/c1ccc([N+](=O)[O-])cc1C. The normalized spacial score (nSPS) is 17.4. The van der Waals surface area contributed by atoms with Gasteiger partial charge in [0.1, 0.15) is 5.84 Å². The van der Waals surface area contributed by atoms with Gasteiger partial charge in [0.05, 0.1) is 10.6 Å². The minimum absolute atomic E-state index is 0.112. The molecule has 1 saturated heterocycles. The number of nitrogens with zero attached hydrogens (tertiary/aromatic N) is 3. The van der Waals surface area contributed by atoms with E-state index in [2.05, 4.69) is 11.5 Å². The molecule has 0 spiro atoms. The number of amidine groups is 1. The molecule has 1 aromatic carbocycles. The van der Waals surface area contributed by atoms with E-state index >= 15 is 0 Å². The summed E-state index contributed by atoms with van der Waals surface area (Å²) in [5, 5.41) is 10.8. The highest BCUT2D eigenvalue weighted by molar-refractivity contribution is 5.85. The molecule has 0 aromatic heterocycles. The monoisotopic (exact) mass is 301 g/mol. The molecule has 0 N–H and O–H groups in total. The van der Waals surface area contributed by atoms with E-state index in [0.717, 1.165) is 48.6 Å². The molecule has 118 valence electrons. The van der Waals surface area contributed by atoms with Gasteiger partial charge in [0.25, 0.3) is 5.69 Å². The van der Waals surface area contributed by atoms with Crippen molar-refractivity contribution < 1.29 is 4.92 Å². The second-order valence-electron chi connectivity index (χ2n) is 5.95. The molecule has 0 atom stereocenters. The summed E-state index contributed by atoms with van der Waals surface area (Å²) in [4.78, 5) is 17.5. The quantitative estimate of drug-likeness (QED) is 0.471. The molecule has 0 radical (unpaired) electrons. The van der Waals surface area contributed by atoms with E-state index in [0.29, 0.717) is 0 Å². The van der Waals surface area contributed by atoms with Crippen LogP contribution in [-0.4, -0.2) is 28.7 Å². The topological polar surface area (TPSA) is 58.7 Å². The predicted octanol–water partition coefficient (Wildman–Crippen LogP) is 4.39. The molecule has 2 rings (SSSR count). The first-order chi connectivity index (χ1) is 10.5. The number of aryl methyl sites for hydroxylation is 1. The van der Waals surface area contributed by atoms with Crippen LogP contribution in [-0.2, 0) is 0 Å². The lowest BCUT2D eigenvalue weighted by atomic mass is 10.1. The second-order valence-corrected chi connectivity index (χ2v) is 5.95. The first-order valence-electron chi connectivity index (χ1n) is 7.69. The maximum atomic E-state index is 10.8. The molecule has 0 aliphatic carbocycles. The summed E-state index contributed by atoms with van der Waals surface area (Å²) in [5.41, 5.74) is 2.88. The highest BCUT2D eigenvalue weighted by Crippen LogP contribution is 2.25. The molecule has 0 bridgehead atoms. The van der Waals surface area contributed by atoms with Crippen LogP contribution in [0.1, 0.15) is 38.2 Å². The van der Waals surface area contributed by atoms with Gasteiger partial charge in [-0.3, -0.25) is 10.1 Å². The van der Waals surface area contributed by atoms with Crippen molar-refractivity contribution in [1.29, 1.82) is 0 Å². The number of likely N-dealkylation sites (tertiary alicyclic amines) is 1. The van der Waals surface area contributed by atoms with Crippen LogP contribution in [0.2, 0.25) is 0 Å². The Kier molecular flexibility index (Phi) is 5.31. The van der Waals surface area contributed by atoms with Gasteiger partial charge in [-0.25, -0.2) is 4.99 Å². The maximum absolute atomic E-state index is 10.8. The summed E-state index contributed by atoms with van der Waals surface area (Å²) in [5.74, 6) is 1.07. The van der Waals surface area contributed by atoms with Gasteiger partial charge >= 0.3 is 0 Å². The van der Waals surface area contributed by atoms with Crippen molar-refractivity contribution in [3.05, 3.63) is 46.0 Å². The van der Waals surface area contributed by atoms with Gasteiger partial charge in [-0.1, -0.05) is 18.6 Å². The molecular weight excluding hydrogens is 278 g/mol. The fourth-order valence-corrected chi connectivity index (χ4v) is 2.69. The number of rotatable bonds is 4. The number of aliphatic imine (C=N–C) groups is 1. The number of benzene rings is 1. The van der Waals surface area contributed by atoms with Crippen LogP contribution in [0.5, 0.6) is 0 Å². The summed E-state index contributed by atoms with van der Waals surface area (Å²) in [6.07, 6.45) is 4.47. The molecule has 1 aromatic rings. The molecule has 5 nitrogen and oxygen atoms in total. The van der Waals surface area contributed by atoms with Crippen molar-refractivity contribution in [2.45, 2.75) is 39.5 Å². The Bertz CT molecular complexity index is 608. The first kappa shape index (κ1) is 16.2. The molecule has 1 heterocycles. The molecule has 5 heteroatoms. The molecule has 1 aliphatic heterocycles. The Hall–Kier alpha value is -2.17. The van der Waals surface area contributed by atoms with E-state index in [1.165, 1.54) is 18.9 Å². The zero-order valence-corrected chi connectivity index (χ0v) is 13.3. The summed E-state index contributed by atoms with van der Waals surface area (Å²) >= 11 is 0. The third-order valence-corrected chi connectivity index (χ3v) is 3.79. The van der Waals surface area contributed by atoms with Crippen LogP contribution >= 0.6 is 0 Å². The average Bonchev–Trinajstić information content (AvgIpc) is 2.66. The second kappa shape index (κ2) is 7.20. The van der Waals surface area contributed by atoms with E-state index in [4.69, 9.17) is 4.99 Å². The lowest BCUT2D eigenvalue weighted by molar-refractivity contribution is -0.384. The third-order valence-electron chi connectivity index (χ3n) is 3.79. The van der Waals surface area contributed by atoms with Crippen molar-refractivity contribution >= 4 is 17.2 Å². The highest BCUT2D eigenvalue weighted by atomic mass is 16.6. The Morgan fingerprint density at radius 1 is 1.41 bits per heavy atom. The van der Waals surface area contributed by atoms with Crippen LogP contribution in [0.25, 0.3) is 0 Å². The van der Waals surface area contributed by atoms with Gasteiger partial charge in [0.2, 0.25) is 0 Å². The average molecular weight is 301 g/mol. The Labute approximate surface area is 131 Å². The molecule has 1 fully saturated rings. The van der Waals surface area contributed by atoms with Gasteiger partial charge < -0.3 is 4.90 Å². The molecular formula is C17H23N3O2. The summed E-state index contributed by atoms with van der Waals surface area (Å²) < 4.78 is 0. The number of non-ortho nitro benzene ring substituents is 1. The zero-order chi connectivity index (χ0) is 16.1. The van der Waals surface area contributed by atoms with Crippen molar-refractivity contribution in [2.75, 3.05) is 13.1 Å². The minimum Gasteiger partial charge on any atom is -0.356 e. The fraction of sp³-hybridized carbons (Fsp3) is 0.471. The number of nitro benzene ring substituents is 1. The molecule has 0 saturated carbocycles. The zero-order valence-electron chi connectivity index (χ0n) is 13.3. The van der Waals surface area contributed by atoms with E-state index in [1.54, 1.807) is 12.1 Å². The van der Waals surface area contributed by atoms with E-state index in [1.807, 2.05) is 13.8 Å². The molecule has 0 unspecified atom stereocenters. The molecule has 1 aliphatic rings. The molecule has 22 heavy (non-hydrogen) atoms. The van der Waals surface area contributed by atoms with Crippen LogP contribution in [0.4, 0.5) is 11.4 Å². The number of nitro groups is 1. The Morgan fingerprint density at radius 3 is 2.82 bits per heavy atom. The third kappa shape index (κ3) is 4.16. The summed E-state index contributed by atoms with van der Waals surface area (Å²) in [6.45, 7) is 9.71. The van der Waals surface area contributed by atoms with Crippen molar-refractivity contribution in [1.82, 2.24) is 4.90 Å². The van der Waals surface area contributed by atoms with Crippen LogP contribution in [0, 0.1) is 17.0 Å². The van der Waals surface area contributed by atoms with E-state index < -0.39 is 0 Å². The lowest BCUT2D eigenvalue weighted by Crippen LogP contribution is -2.31. The highest BCUT2D eigenvalue weighted by Gasteiger charge is 2.16. The fourth-order valence-electron chi connectivity index (χ4n) is 2.69. The van der Waals surface area contributed by atoms with Crippen LogP contribution in [0.15, 0.2) is 35.3 Å². The van der Waals surface area contributed by atoms with Crippen molar-refractivity contribution in [3.63, 3.8) is 0 Å². The van der Waals surface area contributed by atoms with Gasteiger partial charge in [0, 0.05) is 31.6 Å². The lowest BCUT2D eigenvalue weighted by Gasteiger charge is -2.24. The van der Waals surface area contributed by atoms with Gasteiger partial charge in [-0.05, 0) is 38.3 Å². The summed E-state index contributed by atoms with van der Waals surface area (Å²) in [7, 11) is 0. The smallest absolute Gasteiger partial charge is 0.269 e. The van der Waals surface area contributed by atoms with E-state index in [9.17, 15) is 10.1 Å². The maximum Gasteiger partial charge on any atom is 0.269 e. The van der Waals surface area contributed by atoms with Crippen LogP contribution in [0.3, 0.4) is 0 Å². The Morgan fingerprint density at radius 2 is 2.18 bits per heavy atom. The molecule has 0 amide bonds. The van der Waals surface area contributed by atoms with Crippen molar-refractivity contribution in [2.24, 2.45) is 4.99 Å². The number of hydrogen-bond donors (Lipinski definition) is 0. The number of hydrogen-bond acceptors (Lipinski definition) is 3. The van der Waals surface area contributed by atoms with Gasteiger partial charge in [-0.15, -0.1) is 0 Å². The standard InChI is InChI=1S/C17H23N3O2/c1-13(2)12-19-10-6-4-5-7-17(19)18-16-9-8-15(20(21)22)11-14(16)3/h8-9,11H,1,4-7,10,12H2,2-3H3/b18-17-. The minimum atomic E-state index is -0.372.